The normalized spacial score (nSPS) is 12.8. The van der Waals surface area contributed by atoms with Gasteiger partial charge in [0, 0.05) is 37.3 Å². The van der Waals surface area contributed by atoms with Gasteiger partial charge in [-0.1, -0.05) is 0 Å². The molecule has 4 heteroatoms. The Bertz CT molecular complexity index is 402. The molecule has 1 aliphatic rings. The molecule has 0 radical (unpaired) electrons. The fraction of sp³-hybridized carbons (Fsp3) is 0.182. The average molecular weight is 225 g/mol. The van der Waals surface area contributed by atoms with Crippen LogP contribution in [0.1, 0.15) is 5.56 Å². The highest BCUT2D eigenvalue weighted by molar-refractivity contribution is 5.90. The van der Waals surface area contributed by atoms with E-state index in [9.17, 15) is 0 Å². The fourth-order valence-corrected chi connectivity index (χ4v) is 1.41. The van der Waals surface area contributed by atoms with Crippen molar-refractivity contribution in [3.05, 3.63) is 36.2 Å². The van der Waals surface area contributed by atoms with Gasteiger partial charge in [0.05, 0.1) is 12.8 Å². The largest absolute Gasteiger partial charge is 0.497 e. The van der Waals surface area contributed by atoms with E-state index in [-0.39, 0.29) is 12.4 Å². The van der Waals surface area contributed by atoms with Crippen LogP contribution >= 0.6 is 12.4 Å². The molecular weight excluding hydrogens is 212 g/mol. The lowest BCUT2D eigenvalue weighted by Gasteiger charge is -2.15. The number of rotatable bonds is 1. The summed E-state index contributed by atoms with van der Waals surface area (Å²) in [6.45, 7) is 0. The van der Waals surface area contributed by atoms with Crippen LogP contribution in [0.5, 0.6) is 5.75 Å². The minimum absolute atomic E-state index is 0. The third-order valence-corrected chi connectivity index (χ3v) is 2.21. The van der Waals surface area contributed by atoms with E-state index in [0.717, 1.165) is 17.0 Å². The Balaban J connectivity index is 0.00000112. The molecule has 0 unspecified atom stereocenters. The molecule has 0 N–H and O–H groups in total. The van der Waals surface area contributed by atoms with Crippen molar-refractivity contribution < 1.29 is 4.74 Å². The predicted octanol–water partition coefficient (Wildman–Crippen LogP) is 2.46. The van der Waals surface area contributed by atoms with Crippen LogP contribution in [0.4, 0.5) is 5.69 Å². The van der Waals surface area contributed by atoms with Crippen molar-refractivity contribution in [1.29, 1.82) is 0 Å². The molecule has 0 atom stereocenters. The quantitative estimate of drug-likeness (QED) is 0.732. The SMILES string of the molecule is COc1ccc2c(c1)N(C)C=CN=C2.Cl. The molecule has 0 bridgehead atoms. The van der Waals surface area contributed by atoms with E-state index in [4.69, 9.17) is 4.74 Å². The van der Waals surface area contributed by atoms with Gasteiger partial charge in [0.15, 0.2) is 0 Å². The second-order valence-electron chi connectivity index (χ2n) is 3.11. The van der Waals surface area contributed by atoms with Crippen LogP contribution in [0.25, 0.3) is 0 Å². The van der Waals surface area contributed by atoms with Crippen LogP contribution in [0.15, 0.2) is 35.6 Å². The summed E-state index contributed by atoms with van der Waals surface area (Å²) in [5.74, 6) is 0.860. The summed E-state index contributed by atoms with van der Waals surface area (Å²) in [5.41, 5.74) is 2.19. The van der Waals surface area contributed by atoms with Gasteiger partial charge in [0.1, 0.15) is 5.75 Å². The second-order valence-corrected chi connectivity index (χ2v) is 3.11. The molecule has 2 rings (SSSR count). The molecule has 1 aromatic rings. The van der Waals surface area contributed by atoms with Crippen molar-refractivity contribution in [2.75, 3.05) is 19.1 Å². The average Bonchev–Trinajstić information content (AvgIpc) is 2.40. The minimum Gasteiger partial charge on any atom is -0.497 e. The van der Waals surface area contributed by atoms with Crippen LogP contribution < -0.4 is 9.64 Å². The Hall–Kier alpha value is -1.48. The number of anilines is 1. The third kappa shape index (κ3) is 2.30. The van der Waals surface area contributed by atoms with E-state index in [1.54, 1.807) is 13.3 Å². The number of aliphatic imine (C=N–C) groups is 1. The molecule has 0 spiro atoms. The monoisotopic (exact) mass is 224 g/mol. The zero-order chi connectivity index (χ0) is 9.97. The standard InChI is InChI=1S/C11H12N2O.ClH/c1-13-6-5-12-8-9-3-4-10(14-2)7-11(9)13;/h3-8H,1-2H3;1H. The van der Waals surface area contributed by atoms with Gasteiger partial charge in [0.2, 0.25) is 0 Å². The van der Waals surface area contributed by atoms with Crippen LogP contribution in [-0.2, 0) is 0 Å². The second kappa shape index (κ2) is 4.84. The summed E-state index contributed by atoms with van der Waals surface area (Å²) in [6.07, 6.45) is 5.53. The number of nitrogens with zero attached hydrogens (tertiary/aromatic N) is 2. The number of fused-ring (bicyclic) bond motifs is 1. The molecule has 0 saturated heterocycles. The number of hydrogen-bond donors (Lipinski definition) is 0. The first-order valence-corrected chi connectivity index (χ1v) is 4.42. The van der Waals surface area contributed by atoms with E-state index >= 15 is 0 Å². The molecule has 0 aromatic heterocycles. The van der Waals surface area contributed by atoms with Crippen LogP contribution in [0.3, 0.4) is 0 Å². The zero-order valence-corrected chi connectivity index (χ0v) is 9.49. The number of benzene rings is 1. The fourth-order valence-electron chi connectivity index (χ4n) is 1.41. The van der Waals surface area contributed by atoms with E-state index in [1.807, 2.05) is 42.6 Å². The molecule has 0 amide bonds. The molecule has 1 aliphatic heterocycles. The summed E-state index contributed by atoms with van der Waals surface area (Å²) in [4.78, 5) is 6.15. The van der Waals surface area contributed by atoms with Crippen LogP contribution in [0.2, 0.25) is 0 Å². The molecule has 1 aromatic carbocycles. The predicted molar refractivity (Wildman–Crippen MR) is 65.4 cm³/mol. The van der Waals surface area contributed by atoms with Gasteiger partial charge in [-0.3, -0.25) is 4.99 Å². The summed E-state index contributed by atoms with van der Waals surface area (Å²) in [6, 6.07) is 5.93. The van der Waals surface area contributed by atoms with E-state index in [2.05, 4.69) is 4.99 Å². The topological polar surface area (TPSA) is 24.8 Å². The first-order chi connectivity index (χ1) is 6.81. The van der Waals surface area contributed by atoms with E-state index in [1.165, 1.54) is 0 Å². The lowest BCUT2D eigenvalue weighted by molar-refractivity contribution is 0.415. The number of hydrogen-bond acceptors (Lipinski definition) is 3. The van der Waals surface area contributed by atoms with Gasteiger partial charge in [-0.15, -0.1) is 12.4 Å². The van der Waals surface area contributed by atoms with Crippen molar-refractivity contribution in [3.63, 3.8) is 0 Å². The maximum atomic E-state index is 5.17. The Labute approximate surface area is 95.5 Å². The van der Waals surface area contributed by atoms with Crippen LogP contribution in [-0.4, -0.2) is 20.4 Å². The van der Waals surface area contributed by atoms with Gasteiger partial charge in [-0.2, -0.15) is 0 Å². The first-order valence-electron chi connectivity index (χ1n) is 4.42. The number of methoxy groups -OCH3 is 1. The zero-order valence-electron chi connectivity index (χ0n) is 8.68. The minimum atomic E-state index is 0. The lowest BCUT2D eigenvalue weighted by atomic mass is 10.1. The maximum Gasteiger partial charge on any atom is 0.120 e. The first kappa shape index (κ1) is 11.6. The van der Waals surface area contributed by atoms with Crippen molar-refractivity contribution in [3.8, 4) is 5.75 Å². The Kier molecular flexibility index (Phi) is 3.74. The summed E-state index contributed by atoms with van der Waals surface area (Å²) < 4.78 is 5.17. The molecule has 1 heterocycles. The van der Waals surface area contributed by atoms with E-state index < -0.39 is 0 Å². The van der Waals surface area contributed by atoms with Gasteiger partial charge < -0.3 is 9.64 Å². The molecule has 0 saturated carbocycles. The highest BCUT2D eigenvalue weighted by atomic mass is 35.5. The molecule has 15 heavy (non-hydrogen) atoms. The molecule has 3 nitrogen and oxygen atoms in total. The Morgan fingerprint density at radius 1 is 1.33 bits per heavy atom. The smallest absolute Gasteiger partial charge is 0.120 e. The Morgan fingerprint density at radius 2 is 2.13 bits per heavy atom. The highest BCUT2D eigenvalue weighted by Crippen LogP contribution is 2.25. The number of ether oxygens (including phenoxy) is 1. The Morgan fingerprint density at radius 3 is 2.87 bits per heavy atom. The lowest BCUT2D eigenvalue weighted by Crippen LogP contribution is -2.09. The van der Waals surface area contributed by atoms with Gasteiger partial charge in [-0.05, 0) is 12.1 Å². The van der Waals surface area contributed by atoms with Gasteiger partial charge in [-0.25, -0.2) is 0 Å². The van der Waals surface area contributed by atoms with Gasteiger partial charge in [0.25, 0.3) is 0 Å². The van der Waals surface area contributed by atoms with Gasteiger partial charge >= 0.3 is 0 Å². The molecule has 80 valence electrons. The molecular formula is C11H13ClN2O. The molecule has 0 fully saturated rings. The summed E-state index contributed by atoms with van der Waals surface area (Å²) in [5, 5.41) is 0. The number of halogens is 1. The van der Waals surface area contributed by atoms with E-state index in [0.29, 0.717) is 0 Å². The van der Waals surface area contributed by atoms with Crippen molar-refractivity contribution >= 4 is 24.3 Å². The summed E-state index contributed by atoms with van der Waals surface area (Å²) in [7, 11) is 3.66. The third-order valence-electron chi connectivity index (χ3n) is 2.21. The maximum absolute atomic E-state index is 5.17. The molecule has 0 aliphatic carbocycles. The highest BCUT2D eigenvalue weighted by Gasteiger charge is 2.07. The summed E-state index contributed by atoms with van der Waals surface area (Å²) >= 11 is 0. The van der Waals surface area contributed by atoms with Crippen molar-refractivity contribution in [2.45, 2.75) is 0 Å². The van der Waals surface area contributed by atoms with Crippen LogP contribution in [0, 0.1) is 0 Å². The van der Waals surface area contributed by atoms with Crippen molar-refractivity contribution in [2.24, 2.45) is 4.99 Å². The van der Waals surface area contributed by atoms with Crippen molar-refractivity contribution in [1.82, 2.24) is 0 Å².